The number of ether oxygens (including phenoxy) is 1. The number of halogens is 2. The van der Waals surface area contributed by atoms with Gasteiger partial charge in [0.1, 0.15) is 29.3 Å². The van der Waals surface area contributed by atoms with Crippen LogP contribution in [-0.2, 0) is 9.53 Å². The van der Waals surface area contributed by atoms with Crippen LogP contribution in [0.25, 0.3) is 56.4 Å². The number of imidazole rings is 2. The molecule has 0 saturated carbocycles. The molecule has 0 spiro atoms. The Morgan fingerprint density at radius 1 is 0.736 bits per heavy atom. The maximum atomic E-state index is 13.4. The van der Waals surface area contributed by atoms with Gasteiger partial charge in [-0.15, -0.1) is 0 Å². The van der Waals surface area contributed by atoms with Crippen molar-refractivity contribution >= 4 is 92.1 Å². The van der Waals surface area contributed by atoms with Crippen LogP contribution in [0.5, 0.6) is 0 Å². The Kier molecular flexibility index (Phi) is 13.4. The minimum Gasteiger partial charge on any atom is -0.458 e. The number of nitrogens with one attached hydrogen (secondary N) is 7. The van der Waals surface area contributed by atoms with Crippen LogP contribution in [0, 0.1) is 11.8 Å². The molecule has 1 unspecified atom stereocenters. The van der Waals surface area contributed by atoms with E-state index in [-0.39, 0.29) is 35.9 Å². The quantitative estimate of drug-likeness (QED) is 0.0568. The Morgan fingerprint density at radius 2 is 1.36 bits per heavy atom. The lowest BCUT2D eigenvalue weighted by Gasteiger charge is -2.24. The van der Waals surface area contributed by atoms with E-state index >= 15 is 0 Å². The van der Waals surface area contributed by atoms with E-state index in [1.807, 2.05) is 26.8 Å². The highest BCUT2D eigenvalue weighted by molar-refractivity contribution is 6.33. The summed E-state index contributed by atoms with van der Waals surface area (Å²) < 4.78 is 17.0. The zero-order chi connectivity index (χ0) is 50.1. The van der Waals surface area contributed by atoms with Crippen molar-refractivity contribution in [1.29, 1.82) is 0 Å². The molecule has 0 radical (unpaired) electrons. The number of benzene rings is 2. The van der Waals surface area contributed by atoms with E-state index in [2.05, 4.69) is 56.5 Å². The third-order valence-corrected chi connectivity index (χ3v) is 13.0. The third kappa shape index (κ3) is 11.1. The van der Waals surface area contributed by atoms with Crippen molar-refractivity contribution in [1.82, 2.24) is 40.1 Å². The Bertz CT molecular complexity index is 3350. The van der Waals surface area contributed by atoms with Gasteiger partial charge in [0.05, 0.1) is 50.4 Å². The van der Waals surface area contributed by atoms with Gasteiger partial charge in [-0.3, -0.25) is 14.4 Å². The van der Waals surface area contributed by atoms with Crippen LogP contribution < -0.4 is 26.6 Å². The number of piperidine rings is 1. The Hall–Kier alpha value is -7.74. The van der Waals surface area contributed by atoms with E-state index < -0.39 is 17.4 Å². The normalized spacial score (nSPS) is 15.2. The predicted molar refractivity (Wildman–Crippen MR) is 274 cm³/mol. The van der Waals surface area contributed by atoms with Crippen LogP contribution in [0.3, 0.4) is 0 Å². The highest BCUT2D eigenvalue weighted by atomic mass is 35.5. The SMILES string of the molecule is CC(C)(C)OC(=O)N1CCC(CC(=O)Nc2cnc3nc(-c4cc(NC(=O)c5cc(-c6ccc(C(=O)Nc7ccc(Cl)c(-c8nc9ncc(NCC%10CCNCC%10)cc9[nH]8)c7)o6)co5)ccc4Cl)[nH]c3c2)C1. The Balaban J connectivity index is 0.744. The topological polar surface area (TPSA) is 250 Å². The minimum absolute atomic E-state index is 0.00101. The van der Waals surface area contributed by atoms with Gasteiger partial charge < -0.3 is 55.0 Å². The molecule has 1 atom stereocenters. The smallest absolute Gasteiger partial charge is 0.410 e. The average molecular weight is 1010 g/mol. The fraction of sp³-hybridized carbons (Fsp3) is 0.294. The van der Waals surface area contributed by atoms with Crippen LogP contribution in [0.1, 0.15) is 67.6 Å². The molecular weight excluding hydrogens is 964 g/mol. The number of anilines is 4. The summed E-state index contributed by atoms with van der Waals surface area (Å²) in [7, 11) is 0. The summed E-state index contributed by atoms with van der Waals surface area (Å²) >= 11 is 13.2. The zero-order valence-corrected chi connectivity index (χ0v) is 41.0. The van der Waals surface area contributed by atoms with E-state index in [0.717, 1.165) is 43.7 Å². The summed E-state index contributed by atoms with van der Waals surface area (Å²) in [6.45, 7) is 9.38. The summed E-state index contributed by atoms with van der Waals surface area (Å²) in [6, 6.07) is 18.3. The van der Waals surface area contributed by atoms with Crippen molar-refractivity contribution in [2.24, 2.45) is 11.8 Å². The molecule has 10 rings (SSSR count). The van der Waals surface area contributed by atoms with Gasteiger partial charge in [-0.1, -0.05) is 23.2 Å². The lowest BCUT2D eigenvalue weighted by atomic mass is 9.98. The lowest BCUT2D eigenvalue weighted by molar-refractivity contribution is -0.117. The van der Waals surface area contributed by atoms with Crippen LogP contribution in [-0.4, -0.2) is 96.9 Å². The second-order valence-corrected chi connectivity index (χ2v) is 19.7. The van der Waals surface area contributed by atoms with Crippen LogP contribution in [0.15, 0.2) is 94.2 Å². The largest absolute Gasteiger partial charge is 0.458 e. The Morgan fingerprint density at radius 3 is 2.01 bits per heavy atom. The molecule has 4 amide bonds. The number of furan rings is 2. The van der Waals surface area contributed by atoms with Crippen LogP contribution in [0.2, 0.25) is 10.0 Å². The van der Waals surface area contributed by atoms with Crippen molar-refractivity contribution in [3.8, 4) is 34.1 Å². The molecule has 370 valence electrons. The number of hydrogen-bond donors (Lipinski definition) is 7. The van der Waals surface area contributed by atoms with Gasteiger partial charge in [-0.2, -0.15) is 0 Å². The number of likely N-dealkylation sites (tertiary alicyclic amines) is 1. The molecule has 8 heterocycles. The number of fused-ring (bicyclic) bond motifs is 2. The molecule has 2 aromatic carbocycles. The zero-order valence-electron chi connectivity index (χ0n) is 39.5. The fourth-order valence-electron chi connectivity index (χ4n) is 8.69. The summed E-state index contributed by atoms with van der Waals surface area (Å²) in [4.78, 5) is 78.7. The number of aromatic nitrogens is 6. The fourth-order valence-corrected chi connectivity index (χ4v) is 9.10. The van der Waals surface area contributed by atoms with Gasteiger partial charge in [0.15, 0.2) is 22.8 Å². The standard InChI is InChI=1S/C51H50Cl2N12O7/c1-51(2,3)72-50(69)65-15-12-28(25-65)16-43(66)58-33-21-39-47(57-24-33)64-45(62-39)35-19-31(5-7-37(35)53)60-49(68)42-17-29(26-70-42)40-8-9-41(71-40)48(67)59-30-4-6-36(52)34(18-30)44-61-38-20-32(23-56-46(38)63-44)55-22-27-10-13-54-14-11-27/h4-9,17-21,23-24,26-28,54-55H,10-16,22,25H2,1-3H3,(H,58,66)(H,59,67)(H,60,68)(H,56,61,63)(H,57,62,64). The number of rotatable bonds is 13. The molecule has 2 aliphatic heterocycles. The molecule has 0 bridgehead atoms. The van der Waals surface area contributed by atoms with Crippen molar-refractivity contribution in [3.05, 3.63) is 107 Å². The van der Waals surface area contributed by atoms with E-state index in [4.69, 9.17) is 36.8 Å². The molecular formula is C51H50Cl2N12O7. The first-order valence-corrected chi connectivity index (χ1v) is 24.3. The predicted octanol–water partition coefficient (Wildman–Crippen LogP) is 10.2. The second kappa shape index (κ2) is 20.2. The third-order valence-electron chi connectivity index (χ3n) is 12.3. The van der Waals surface area contributed by atoms with Crippen molar-refractivity contribution in [2.45, 2.75) is 52.1 Å². The van der Waals surface area contributed by atoms with Crippen LogP contribution in [0.4, 0.5) is 27.5 Å². The molecule has 2 saturated heterocycles. The number of nitrogens with zero attached hydrogens (tertiary/aromatic N) is 5. The first-order valence-electron chi connectivity index (χ1n) is 23.5. The van der Waals surface area contributed by atoms with Gasteiger partial charge in [0.25, 0.3) is 11.8 Å². The maximum Gasteiger partial charge on any atom is 0.410 e. The number of aromatic amines is 2. The molecule has 8 aromatic rings. The van der Waals surface area contributed by atoms with Gasteiger partial charge in [0, 0.05) is 54.6 Å². The number of hydrogen-bond acceptors (Lipinski definition) is 13. The summed E-state index contributed by atoms with van der Waals surface area (Å²) in [5.74, 6) is 0.541. The first-order chi connectivity index (χ1) is 34.7. The lowest BCUT2D eigenvalue weighted by Crippen LogP contribution is -2.35. The van der Waals surface area contributed by atoms with E-state index in [0.29, 0.717) is 103 Å². The van der Waals surface area contributed by atoms with Crippen molar-refractivity contribution in [3.63, 3.8) is 0 Å². The Labute approximate surface area is 422 Å². The number of amides is 4. The number of H-pyrrole nitrogens is 2. The van der Waals surface area contributed by atoms with Gasteiger partial charge in [-0.25, -0.2) is 24.7 Å². The average Bonchev–Trinajstić information content (AvgIpc) is 4.22. The first kappa shape index (κ1) is 47.9. The molecule has 2 aliphatic rings. The maximum absolute atomic E-state index is 13.4. The van der Waals surface area contributed by atoms with Crippen molar-refractivity contribution in [2.75, 3.05) is 54.0 Å². The number of carbonyl (C=O) groups excluding carboxylic acids is 4. The minimum atomic E-state index is -0.594. The summed E-state index contributed by atoms with van der Waals surface area (Å²) in [5, 5.41) is 16.3. The molecule has 72 heavy (non-hydrogen) atoms. The summed E-state index contributed by atoms with van der Waals surface area (Å²) in [5.41, 5.74) is 5.36. The van der Waals surface area contributed by atoms with Crippen molar-refractivity contribution < 1.29 is 32.7 Å². The molecule has 7 N–H and O–H groups in total. The number of pyridine rings is 2. The monoisotopic (exact) mass is 1010 g/mol. The molecule has 19 nitrogen and oxygen atoms in total. The van der Waals surface area contributed by atoms with Crippen LogP contribution >= 0.6 is 23.2 Å². The van der Waals surface area contributed by atoms with E-state index in [1.54, 1.807) is 59.6 Å². The number of carbonyl (C=O) groups is 4. The summed E-state index contributed by atoms with van der Waals surface area (Å²) in [6.07, 6.45) is 7.47. The van der Waals surface area contributed by atoms with Gasteiger partial charge in [0.2, 0.25) is 5.91 Å². The molecule has 21 heteroatoms. The highest BCUT2D eigenvalue weighted by Gasteiger charge is 2.31. The van der Waals surface area contributed by atoms with Gasteiger partial charge >= 0.3 is 6.09 Å². The molecule has 0 aliphatic carbocycles. The highest BCUT2D eigenvalue weighted by Crippen LogP contribution is 2.34. The second-order valence-electron chi connectivity index (χ2n) is 18.9. The van der Waals surface area contributed by atoms with E-state index in [9.17, 15) is 19.2 Å². The van der Waals surface area contributed by atoms with Gasteiger partial charge in [-0.05, 0) is 126 Å². The molecule has 6 aromatic heterocycles. The van der Waals surface area contributed by atoms with E-state index in [1.165, 1.54) is 24.6 Å². The molecule has 2 fully saturated rings.